The summed E-state index contributed by atoms with van der Waals surface area (Å²) >= 11 is 7.69. The van der Waals surface area contributed by atoms with E-state index in [0.29, 0.717) is 21.5 Å². The Balaban J connectivity index is 1.68. The molecule has 2 aliphatic rings. The fourth-order valence-electron chi connectivity index (χ4n) is 4.88. The number of likely N-dealkylation sites (tertiary alicyclic amines) is 1. The molecule has 32 heavy (non-hydrogen) atoms. The molecule has 0 radical (unpaired) electrons. The van der Waals surface area contributed by atoms with E-state index in [1.165, 1.54) is 17.7 Å². The highest BCUT2D eigenvalue weighted by atomic mass is 35.5. The van der Waals surface area contributed by atoms with Crippen molar-refractivity contribution in [3.63, 3.8) is 0 Å². The van der Waals surface area contributed by atoms with Gasteiger partial charge in [0.15, 0.2) is 0 Å². The van der Waals surface area contributed by atoms with E-state index in [0.717, 1.165) is 56.3 Å². The lowest BCUT2D eigenvalue weighted by atomic mass is 9.72. The van der Waals surface area contributed by atoms with E-state index in [1.807, 2.05) is 4.90 Å². The fraction of sp³-hybridized carbons (Fsp3) is 0.538. The maximum Gasteiger partial charge on any atom is 0.257 e. The second-order valence-electron chi connectivity index (χ2n) is 10.2. The maximum atomic E-state index is 13.7. The molecule has 172 valence electrons. The van der Waals surface area contributed by atoms with Crippen molar-refractivity contribution in [2.75, 3.05) is 18.4 Å². The molecule has 0 bridgehead atoms. The van der Waals surface area contributed by atoms with Gasteiger partial charge < -0.3 is 10.2 Å². The summed E-state index contributed by atoms with van der Waals surface area (Å²) in [6.07, 6.45) is 7.40. The van der Waals surface area contributed by atoms with Crippen LogP contribution in [0.3, 0.4) is 0 Å². The summed E-state index contributed by atoms with van der Waals surface area (Å²) in [5.41, 5.74) is 2.62. The second-order valence-corrected chi connectivity index (χ2v) is 11.7. The smallest absolute Gasteiger partial charge is 0.257 e. The number of amides is 2. The van der Waals surface area contributed by atoms with Crippen LogP contribution in [0.15, 0.2) is 24.3 Å². The Hall–Kier alpha value is -1.85. The van der Waals surface area contributed by atoms with Crippen LogP contribution in [-0.2, 0) is 12.8 Å². The molecule has 0 saturated carbocycles. The number of thiophene rings is 1. The first-order chi connectivity index (χ1) is 15.2. The molecule has 2 aromatic rings. The number of benzene rings is 1. The molecule has 1 atom stereocenters. The van der Waals surface area contributed by atoms with Crippen molar-refractivity contribution in [3.8, 4) is 0 Å². The first-order valence-corrected chi connectivity index (χ1v) is 12.9. The number of carbonyl (C=O) groups is 2. The number of fused-ring (bicyclic) bond motifs is 1. The lowest BCUT2D eigenvalue weighted by Crippen LogP contribution is -2.33. The van der Waals surface area contributed by atoms with Gasteiger partial charge in [-0.3, -0.25) is 9.59 Å². The minimum Gasteiger partial charge on any atom is -0.339 e. The van der Waals surface area contributed by atoms with E-state index in [1.54, 1.807) is 35.6 Å². The number of nitrogens with zero attached hydrogens (tertiary/aromatic N) is 1. The zero-order chi connectivity index (χ0) is 22.9. The van der Waals surface area contributed by atoms with Gasteiger partial charge in [0.05, 0.1) is 5.56 Å². The summed E-state index contributed by atoms with van der Waals surface area (Å²) in [6, 6.07) is 6.94. The molecule has 1 aliphatic carbocycles. The Morgan fingerprint density at radius 2 is 1.84 bits per heavy atom. The molecule has 0 spiro atoms. The van der Waals surface area contributed by atoms with Crippen LogP contribution >= 0.6 is 22.9 Å². The molecule has 1 aromatic heterocycles. The Bertz CT molecular complexity index is 1000. The van der Waals surface area contributed by atoms with Crippen LogP contribution in [-0.4, -0.2) is 29.8 Å². The molecule has 1 aliphatic heterocycles. The molecule has 1 saturated heterocycles. The third-order valence-corrected chi connectivity index (χ3v) is 8.32. The highest BCUT2D eigenvalue weighted by Gasteiger charge is 2.35. The summed E-state index contributed by atoms with van der Waals surface area (Å²) in [5, 5.41) is 4.30. The summed E-state index contributed by atoms with van der Waals surface area (Å²) in [4.78, 5) is 30.0. The highest BCUT2D eigenvalue weighted by Crippen LogP contribution is 2.45. The van der Waals surface area contributed by atoms with Crippen molar-refractivity contribution in [2.24, 2.45) is 11.3 Å². The van der Waals surface area contributed by atoms with E-state index in [2.05, 4.69) is 26.1 Å². The fourth-order valence-corrected chi connectivity index (χ4v) is 6.38. The molecule has 1 N–H and O–H groups in total. The van der Waals surface area contributed by atoms with Crippen molar-refractivity contribution < 1.29 is 9.59 Å². The third-order valence-electron chi connectivity index (χ3n) is 6.91. The van der Waals surface area contributed by atoms with Crippen molar-refractivity contribution in [3.05, 3.63) is 50.9 Å². The van der Waals surface area contributed by atoms with Crippen LogP contribution in [0.25, 0.3) is 0 Å². The minimum atomic E-state index is -0.219. The van der Waals surface area contributed by atoms with Gasteiger partial charge in [0.2, 0.25) is 0 Å². The topological polar surface area (TPSA) is 49.4 Å². The van der Waals surface area contributed by atoms with Gasteiger partial charge in [0.25, 0.3) is 11.8 Å². The Kier molecular flexibility index (Phi) is 6.97. The van der Waals surface area contributed by atoms with Gasteiger partial charge in [0, 0.05) is 28.6 Å². The zero-order valence-electron chi connectivity index (χ0n) is 19.3. The van der Waals surface area contributed by atoms with E-state index >= 15 is 0 Å². The third kappa shape index (κ3) is 5.04. The van der Waals surface area contributed by atoms with Gasteiger partial charge in [-0.2, -0.15) is 0 Å². The largest absolute Gasteiger partial charge is 0.339 e. The monoisotopic (exact) mass is 472 g/mol. The number of anilines is 1. The Morgan fingerprint density at radius 1 is 1.12 bits per heavy atom. The van der Waals surface area contributed by atoms with Crippen LogP contribution in [0.1, 0.15) is 84.0 Å². The maximum absolute atomic E-state index is 13.7. The summed E-state index contributed by atoms with van der Waals surface area (Å²) < 4.78 is 0. The average molecular weight is 473 g/mol. The Labute approximate surface area is 200 Å². The number of nitrogens with one attached hydrogen (secondary N) is 1. The zero-order valence-corrected chi connectivity index (χ0v) is 20.9. The molecule has 6 heteroatoms. The van der Waals surface area contributed by atoms with Crippen molar-refractivity contribution in [2.45, 2.75) is 65.7 Å². The Morgan fingerprint density at radius 3 is 2.50 bits per heavy atom. The standard InChI is InChI=1S/C26H33ClN2O2S/c1-26(2,3)18-11-12-20-21(16-18)32-24(28-23(30)17-9-8-10-19(27)15-17)22(20)25(31)29-13-6-4-5-7-14-29/h8-10,15,18H,4-7,11-14,16H2,1-3H3,(H,28,30). The average Bonchev–Trinajstić information content (AvgIpc) is 2.90. The predicted octanol–water partition coefficient (Wildman–Crippen LogP) is 6.82. The molecule has 4 rings (SSSR count). The van der Waals surface area contributed by atoms with Crippen LogP contribution in [0, 0.1) is 11.3 Å². The summed E-state index contributed by atoms with van der Waals surface area (Å²) in [5.74, 6) is 0.439. The summed E-state index contributed by atoms with van der Waals surface area (Å²) in [7, 11) is 0. The van der Waals surface area contributed by atoms with Gasteiger partial charge in [-0.05, 0) is 67.2 Å². The molecular weight excluding hydrogens is 440 g/mol. The first-order valence-electron chi connectivity index (χ1n) is 11.7. The van der Waals surface area contributed by atoms with Crippen LogP contribution in [0.4, 0.5) is 5.00 Å². The lowest BCUT2D eigenvalue weighted by Gasteiger charge is -2.34. The number of hydrogen-bond donors (Lipinski definition) is 1. The number of halogens is 1. The van der Waals surface area contributed by atoms with Crippen molar-refractivity contribution >= 4 is 39.8 Å². The van der Waals surface area contributed by atoms with E-state index < -0.39 is 0 Å². The van der Waals surface area contributed by atoms with Crippen LogP contribution in [0.2, 0.25) is 5.02 Å². The number of rotatable bonds is 3. The number of carbonyl (C=O) groups excluding carboxylic acids is 2. The molecular formula is C26H33ClN2O2S. The summed E-state index contributed by atoms with van der Waals surface area (Å²) in [6.45, 7) is 8.48. The molecule has 1 aromatic carbocycles. The van der Waals surface area contributed by atoms with E-state index in [9.17, 15) is 9.59 Å². The molecule has 4 nitrogen and oxygen atoms in total. The molecule has 1 unspecified atom stereocenters. The van der Waals surface area contributed by atoms with Crippen molar-refractivity contribution in [1.29, 1.82) is 0 Å². The minimum absolute atomic E-state index is 0.0833. The first kappa shape index (κ1) is 23.3. The SMILES string of the molecule is CC(C)(C)C1CCc2c(sc(NC(=O)c3cccc(Cl)c3)c2C(=O)N2CCCCCC2)C1. The quantitative estimate of drug-likeness (QED) is 0.532. The molecule has 2 amide bonds. The van der Waals surface area contributed by atoms with Crippen LogP contribution < -0.4 is 5.32 Å². The second kappa shape index (κ2) is 9.56. The van der Waals surface area contributed by atoms with Crippen LogP contribution in [0.5, 0.6) is 0 Å². The van der Waals surface area contributed by atoms with E-state index in [4.69, 9.17) is 11.6 Å². The van der Waals surface area contributed by atoms with Gasteiger partial charge in [-0.15, -0.1) is 11.3 Å². The lowest BCUT2D eigenvalue weighted by molar-refractivity contribution is 0.0761. The van der Waals surface area contributed by atoms with Gasteiger partial charge in [-0.1, -0.05) is 51.3 Å². The van der Waals surface area contributed by atoms with Gasteiger partial charge in [0.1, 0.15) is 5.00 Å². The molecule has 1 fully saturated rings. The molecule has 2 heterocycles. The number of hydrogen-bond acceptors (Lipinski definition) is 3. The van der Waals surface area contributed by atoms with Gasteiger partial charge in [-0.25, -0.2) is 0 Å². The van der Waals surface area contributed by atoms with Crippen molar-refractivity contribution in [1.82, 2.24) is 4.90 Å². The van der Waals surface area contributed by atoms with Gasteiger partial charge >= 0.3 is 0 Å². The van der Waals surface area contributed by atoms with E-state index in [-0.39, 0.29) is 17.2 Å². The normalized spacial score (nSPS) is 19.2. The predicted molar refractivity (Wildman–Crippen MR) is 133 cm³/mol. The highest BCUT2D eigenvalue weighted by molar-refractivity contribution is 7.17.